The van der Waals surface area contributed by atoms with E-state index in [0.29, 0.717) is 11.8 Å². The second kappa shape index (κ2) is 11.1. The number of amides is 1. The number of aliphatic hydroxyl groups excluding tert-OH is 8. The molecule has 0 aromatic rings. The summed E-state index contributed by atoms with van der Waals surface area (Å²) < 4.78 is 10.8. The normalized spacial score (nSPS) is 42.2. The Balaban J connectivity index is 2.35. The molecule has 0 spiro atoms. The molecule has 33 heavy (non-hydrogen) atoms. The molecule has 2 heterocycles. The second-order valence-electron chi connectivity index (χ2n) is 8.16. The molecule has 0 aliphatic carbocycles. The first-order valence-electron chi connectivity index (χ1n) is 10.1. The molecular formula is C18H31NO13S. The van der Waals surface area contributed by atoms with E-state index in [1.54, 1.807) is 0 Å². The minimum absolute atomic E-state index is 0.518. The van der Waals surface area contributed by atoms with Crippen molar-refractivity contribution in [2.24, 2.45) is 0 Å². The maximum atomic E-state index is 12.3. The summed E-state index contributed by atoms with van der Waals surface area (Å²) in [7, 11) is 0. The molecule has 2 aliphatic heterocycles. The number of aliphatic hydroxyl groups is 8. The number of nitrogens with one attached hydrogen (secondary N) is 1. The highest BCUT2D eigenvalue weighted by molar-refractivity contribution is 8.01. The number of carboxylic acids is 1. The van der Waals surface area contributed by atoms with E-state index in [1.165, 1.54) is 6.92 Å². The molecule has 1 amide bonds. The van der Waals surface area contributed by atoms with Gasteiger partial charge in [0, 0.05) is 18.6 Å². The molecule has 0 aromatic heterocycles. The predicted octanol–water partition coefficient (Wildman–Crippen LogP) is -4.94. The molecule has 2 saturated heterocycles. The van der Waals surface area contributed by atoms with Crippen molar-refractivity contribution in [3.8, 4) is 0 Å². The number of thioether (sulfide) groups is 1. The molecule has 2 rings (SSSR count). The van der Waals surface area contributed by atoms with Crippen molar-refractivity contribution in [3.63, 3.8) is 0 Å². The lowest BCUT2D eigenvalue weighted by Gasteiger charge is -2.48. The highest BCUT2D eigenvalue weighted by Gasteiger charge is 2.57. The first-order valence-corrected chi connectivity index (χ1v) is 11.0. The van der Waals surface area contributed by atoms with Crippen LogP contribution in [-0.2, 0) is 19.1 Å². The van der Waals surface area contributed by atoms with Crippen LogP contribution in [0.5, 0.6) is 0 Å². The molecule has 10 N–H and O–H groups in total. The van der Waals surface area contributed by atoms with Crippen LogP contribution in [0.2, 0.25) is 0 Å². The fraction of sp³-hybridized carbons (Fsp3) is 0.889. The van der Waals surface area contributed by atoms with Crippen LogP contribution in [-0.4, -0.2) is 136 Å². The van der Waals surface area contributed by atoms with Crippen LogP contribution in [0, 0.1) is 0 Å². The topological polar surface area (TPSA) is 247 Å². The largest absolute Gasteiger partial charge is 0.478 e. The van der Waals surface area contributed by atoms with E-state index in [4.69, 9.17) is 9.47 Å². The van der Waals surface area contributed by atoms with E-state index in [2.05, 4.69) is 5.32 Å². The Hall–Kier alpha value is -1.11. The molecule has 192 valence electrons. The number of hydrogen-bond donors (Lipinski definition) is 10. The maximum Gasteiger partial charge on any atom is 0.346 e. The summed E-state index contributed by atoms with van der Waals surface area (Å²) in [5, 5.41) is 90.9. The van der Waals surface area contributed by atoms with Gasteiger partial charge >= 0.3 is 5.97 Å². The summed E-state index contributed by atoms with van der Waals surface area (Å²) >= 11 is 0.518. The summed E-state index contributed by atoms with van der Waals surface area (Å²) in [6.45, 7) is 1.57. The lowest BCUT2D eigenvalue weighted by molar-refractivity contribution is -0.280. The molecule has 14 nitrogen and oxygen atoms in total. The fourth-order valence-corrected chi connectivity index (χ4v) is 5.39. The molecule has 0 bridgehead atoms. The number of carbonyl (C=O) groups is 2. The van der Waals surface area contributed by atoms with Gasteiger partial charge in [-0.25, -0.2) is 4.79 Å². The molecule has 2 fully saturated rings. The van der Waals surface area contributed by atoms with Crippen molar-refractivity contribution in [3.05, 3.63) is 0 Å². The lowest BCUT2D eigenvalue weighted by Crippen LogP contribution is -2.67. The van der Waals surface area contributed by atoms with Crippen LogP contribution in [0.25, 0.3) is 0 Å². The standard InChI is InChI=1S/C18H31NO13S/c1-5(14-12(26)11(25)13(27)16(28)31-14)33-18(17(29)30)3-7(22)9(19-6(2)21)15(32-18)10(24)8(23)4-20/h5,7-16,20,22-28H,3-4H2,1-2H3,(H,19,21)(H,29,30)/t5-,7+,8-,9-,10-,11+,12-,13-,14-,15-,16-,18+/m1/s1. The fourth-order valence-electron chi connectivity index (χ4n) is 3.89. The van der Waals surface area contributed by atoms with Crippen LogP contribution in [0.1, 0.15) is 20.3 Å². The lowest BCUT2D eigenvalue weighted by atomic mass is 9.89. The predicted molar refractivity (Wildman–Crippen MR) is 109 cm³/mol. The minimum Gasteiger partial charge on any atom is -0.478 e. The van der Waals surface area contributed by atoms with Gasteiger partial charge in [-0.1, -0.05) is 6.92 Å². The Kier molecular flexibility index (Phi) is 9.45. The van der Waals surface area contributed by atoms with Gasteiger partial charge in [-0.15, -0.1) is 11.8 Å². The molecule has 2 aliphatic rings. The summed E-state index contributed by atoms with van der Waals surface area (Å²) in [5.41, 5.74) is 0. The molecule has 12 atom stereocenters. The third kappa shape index (κ3) is 5.94. The molecule has 0 radical (unpaired) electrons. The third-order valence-corrected chi connectivity index (χ3v) is 7.11. The number of hydrogen-bond acceptors (Lipinski definition) is 13. The van der Waals surface area contributed by atoms with Gasteiger partial charge in [0.2, 0.25) is 10.8 Å². The molecule has 15 heteroatoms. The van der Waals surface area contributed by atoms with E-state index >= 15 is 0 Å². The summed E-state index contributed by atoms with van der Waals surface area (Å²) in [6.07, 6.45) is -16.1. The number of aliphatic carboxylic acids is 1. The van der Waals surface area contributed by atoms with Gasteiger partial charge in [0.15, 0.2) is 6.29 Å². The molecule has 0 unspecified atom stereocenters. The first-order chi connectivity index (χ1) is 15.3. The van der Waals surface area contributed by atoms with Gasteiger partial charge in [0.25, 0.3) is 0 Å². The minimum atomic E-state index is -2.30. The van der Waals surface area contributed by atoms with Crippen molar-refractivity contribution in [1.82, 2.24) is 5.32 Å². The zero-order valence-corrected chi connectivity index (χ0v) is 18.6. The van der Waals surface area contributed by atoms with E-state index in [1.807, 2.05) is 0 Å². The Morgan fingerprint density at radius 1 is 1.09 bits per heavy atom. The van der Waals surface area contributed by atoms with E-state index in [0.717, 1.165) is 6.92 Å². The van der Waals surface area contributed by atoms with Crippen molar-refractivity contribution in [2.75, 3.05) is 6.61 Å². The van der Waals surface area contributed by atoms with E-state index in [9.17, 15) is 55.5 Å². The SMILES string of the molecule is CC(=O)N[C@H]1[C@H]([C@H](O)[C@H](O)CO)O[C@@](S[C@H](C)[C@H]2O[C@@H](O)[C@H](O)[C@@H](O)[C@H]2O)(C(=O)O)C[C@@H]1O. The van der Waals surface area contributed by atoms with E-state index < -0.39 is 96.3 Å². The van der Waals surface area contributed by atoms with Gasteiger partial charge in [0.05, 0.1) is 18.8 Å². The monoisotopic (exact) mass is 501 g/mol. The Morgan fingerprint density at radius 2 is 1.70 bits per heavy atom. The van der Waals surface area contributed by atoms with Gasteiger partial charge in [-0.05, 0) is 0 Å². The summed E-state index contributed by atoms with van der Waals surface area (Å²) in [5.74, 6) is -2.25. The average molecular weight is 502 g/mol. The van der Waals surface area contributed by atoms with Crippen LogP contribution < -0.4 is 5.32 Å². The van der Waals surface area contributed by atoms with Gasteiger partial charge in [-0.3, -0.25) is 4.79 Å². The smallest absolute Gasteiger partial charge is 0.346 e. The number of ether oxygens (including phenoxy) is 2. The van der Waals surface area contributed by atoms with E-state index in [-0.39, 0.29) is 0 Å². The quantitative estimate of drug-likeness (QED) is 0.150. The number of rotatable bonds is 8. The molecule has 0 saturated carbocycles. The number of carboxylic acid groups (broad SMARTS) is 1. The highest BCUT2D eigenvalue weighted by atomic mass is 32.2. The van der Waals surface area contributed by atoms with Gasteiger partial charge in [-0.2, -0.15) is 0 Å². The Bertz CT molecular complexity index is 700. The zero-order valence-electron chi connectivity index (χ0n) is 17.8. The summed E-state index contributed by atoms with van der Waals surface area (Å²) in [4.78, 5) is 21.5. The van der Waals surface area contributed by atoms with Crippen molar-refractivity contribution >= 4 is 23.6 Å². The molecule has 0 aromatic carbocycles. The summed E-state index contributed by atoms with van der Waals surface area (Å²) in [6, 6.07) is -1.34. The van der Waals surface area contributed by atoms with Crippen LogP contribution in [0.15, 0.2) is 0 Å². The Morgan fingerprint density at radius 3 is 2.21 bits per heavy atom. The van der Waals surface area contributed by atoms with Crippen molar-refractivity contribution < 1.29 is 65.0 Å². The first kappa shape index (κ1) is 28.1. The average Bonchev–Trinajstić information content (AvgIpc) is 2.74. The van der Waals surface area contributed by atoms with Crippen molar-refractivity contribution in [2.45, 2.75) is 91.6 Å². The highest BCUT2D eigenvalue weighted by Crippen LogP contribution is 2.44. The second-order valence-corrected chi connectivity index (χ2v) is 9.80. The van der Waals surface area contributed by atoms with Crippen molar-refractivity contribution in [1.29, 1.82) is 0 Å². The zero-order chi connectivity index (χ0) is 25.2. The van der Waals surface area contributed by atoms with Crippen LogP contribution in [0.3, 0.4) is 0 Å². The number of carbonyl (C=O) groups excluding carboxylic acids is 1. The van der Waals surface area contributed by atoms with Gasteiger partial charge < -0.3 is 60.7 Å². The van der Waals surface area contributed by atoms with Gasteiger partial charge in [0.1, 0.15) is 42.7 Å². The van der Waals surface area contributed by atoms with Crippen LogP contribution in [0.4, 0.5) is 0 Å². The Labute approximate surface area is 192 Å². The third-order valence-electron chi connectivity index (χ3n) is 5.65. The molecular weight excluding hydrogens is 470 g/mol. The van der Waals surface area contributed by atoms with Crippen LogP contribution >= 0.6 is 11.8 Å². The maximum absolute atomic E-state index is 12.3.